The van der Waals surface area contributed by atoms with Crippen LogP contribution in [0.5, 0.6) is 5.75 Å². The average Bonchev–Trinajstić information content (AvgIpc) is 2.97. The molecule has 0 saturated heterocycles. The molecule has 2 N–H and O–H groups in total. The number of benzene rings is 1. The van der Waals surface area contributed by atoms with E-state index in [-0.39, 0.29) is 0 Å². The van der Waals surface area contributed by atoms with Gasteiger partial charge in [0.1, 0.15) is 5.75 Å². The van der Waals surface area contributed by atoms with E-state index in [1.807, 2.05) is 48.0 Å². The third-order valence-electron chi connectivity index (χ3n) is 2.95. The van der Waals surface area contributed by atoms with Gasteiger partial charge in [-0.3, -0.25) is 4.98 Å². The minimum absolute atomic E-state index is 0.587. The standard InChI is InChI=1S/C16H15N3OS/c17-13-4-1-5-14(9-13)20-8-6-16-19-15(11-21-16)12-3-2-7-18-10-12/h1-5,7,9-11H,6,8,17H2. The first kappa shape index (κ1) is 13.6. The molecule has 21 heavy (non-hydrogen) atoms. The molecule has 0 fully saturated rings. The molecule has 0 aliphatic heterocycles. The quantitative estimate of drug-likeness (QED) is 0.733. The van der Waals surface area contributed by atoms with Crippen LogP contribution in [0.3, 0.4) is 0 Å². The largest absolute Gasteiger partial charge is 0.493 e. The second-order valence-corrected chi connectivity index (χ2v) is 5.48. The van der Waals surface area contributed by atoms with E-state index >= 15 is 0 Å². The molecule has 0 bridgehead atoms. The number of pyridine rings is 1. The van der Waals surface area contributed by atoms with Gasteiger partial charge in [-0.05, 0) is 24.3 Å². The molecule has 0 amide bonds. The van der Waals surface area contributed by atoms with Gasteiger partial charge in [-0.2, -0.15) is 0 Å². The molecular weight excluding hydrogens is 282 g/mol. The number of hydrogen-bond donors (Lipinski definition) is 1. The molecule has 0 spiro atoms. The Bertz CT molecular complexity index is 712. The maximum Gasteiger partial charge on any atom is 0.121 e. The molecule has 0 unspecified atom stereocenters. The van der Waals surface area contributed by atoms with Crippen LogP contribution >= 0.6 is 11.3 Å². The summed E-state index contributed by atoms with van der Waals surface area (Å²) in [5.74, 6) is 0.791. The van der Waals surface area contributed by atoms with Crippen LogP contribution in [-0.2, 0) is 6.42 Å². The summed E-state index contributed by atoms with van der Waals surface area (Å²) in [5.41, 5.74) is 8.43. The highest BCUT2D eigenvalue weighted by Gasteiger charge is 2.05. The van der Waals surface area contributed by atoms with E-state index in [1.165, 1.54) is 0 Å². The molecule has 2 aromatic heterocycles. The number of rotatable bonds is 5. The molecule has 106 valence electrons. The van der Waals surface area contributed by atoms with Crippen molar-refractivity contribution in [2.24, 2.45) is 0 Å². The van der Waals surface area contributed by atoms with Gasteiger partial charge >= 0.3 is 0 Å². The first-order valence-electron chi connectivity index (χ1n) is 6.64. The third-order valence-corrected chi connectivity index (χ3v) is 3.86. The Morgan fingerprint density at radius 3 is 2.95 bits per heavy atom. The molecule has 5 heteroatoms. The number of nitrogens with zero attached hydrogens (tertiary/aromatic N) is 2. The summed E-state index contributed by atoms with van der Waals surface area (Å²) in [6.45, 7) is 0.587. The van der Waals surface area contributed by atoms with Gasteiger partial charge in [-0.1, -0.05) is 6.07 Å². The van der Waals surface area contributed by atoms with Gasteiger partial charge in [0.15, 0.2) is 0 Å². The number of nitrogens with two attached hydrogens (primary N) is 1. The van der Waals surface area contributed by atoms with Crippen LogP contribution in [-0.4, -0.2) is 16.6 Å². The van der Waals surface area contributed by atoms with Crippen molar-refractivity contribution in [1.82, 2.24) is 9.97 Å². The summed E-state index contributed by atoms with van der Waals surface area (Å²) >= 11 is 1.64. The molecule has 3 aromatic rings. The van der Waals surface area contributed by atoms with Gasteiger partial charge in [-0.25, -0.2) is 4.98 Å². The van der Waals surface area contributed by atoms with Crippen molar-refractivity contribution in [3.63, 3.8) is 0 Å². The Kier molecular flexibility index (Phi) is 4.12. The summed E-state index contributed by atoms with van der Waals surface area (Å²) in [4.78, 5) is 8.71. The molecule has 0 radical (unpaired) electrons. The Balaban J connectivity index is 1.58. The summed E-state index contributed by atoms with van der Waals surface area (Å²) in [5, 5.41) is 3.10. The van der Waals surface area contributed by atoms with Crippen molar-refractivity contribution >= 4 is 17.0 Å². The Hall–Kier alpha value is -2.40. The van der Waals surface area contributed by atoms with Crippen LogP contribution in [0.1, 0.15) is 5.01 Å². The van der Waals surface area contributed by atoms with Crippen molar-refractivity contribution in [2.45, 2.75) is 6.42 Å². The van der Waals surface area contributed by atoms with Crippen LogP contribution in [0.2, 0.25) is 0 Å². The number of ether oxygens (including phenoxy) is 1. The molecular formula is C16H15N3OS. The molecule has 0 aliphatic carbocycles. The summed E-state index contributed by atoms with van der Waals surface area (Å²) in [7, 11) is 0. The van der Waals surface area contributed by atoms with Crippen molar-refractivity contribution in [3.05, 3.63) is 59.2 Å². The second kappa shape index (κ2) is 6.37. The highest BCUT2D eigenvalue weighted by atomic mass is 32.1. The molecule has 3 rings (SSSR count). The van der Waals surface area contributed by atoms with Gasteiger partial charge in [-0.15, -0.1) is 11.3 Å². The Morgan fingerprint density at radius 2 is 2.14 bits per heavy atom. The minimum atomic E-state index is 0.587. The van der Waals surface area contributed by atoms with E-state index in [0.717, 1.165) is 28.4 Å². The van der Waals surface area contributed by atoms with E-state index in [2.05, 4.69) is 9.97 Å². The smallest absolute Gasteiger partial charge is 0.121 e. The normalized spacial score (nSPS) is 10.5. The lowest BCUT2D eigenvalue weighted by atomic mass is 10.2. The predicted octanol–water partition coefficient (Wildman–Crippen LogP) is 3.41. The van der Waals surface area contributed by atoms with Gasteiger partial charge < -0.3 is 10.5 Å². The lowest BCUT2D eigenvalue weighted by molar-refractivity contribution is 0.322. The number of nitrogen functional groups attached to an aromatic ring is 1. The fourth-order valence-corrected chi connectivity index (χ4v) is 2.72. The van der Waals surface area contributed by atoms with Gasteiger partial charge in [0.2, 0.25) is 0 Å². The van der Waals surface area contributed by atoms with Crippen LogP contribution in [0.15, 0.2) is 54.2 Å². The molecule has 0 saturated carbocycles. The van der Waals surface area contributed by atoms with Crippen LogP contribution in [0, 0.1) is 0 Å². The molecule has 2 heterocycles. The number of hydrogen-bond acceptors (Lipinski definition) is 5. The van der Waals surface area contributed by atoms with Gasteiger partial charge in [0, 0.05) is 41.5 Å². The predicted molar refractivity (Wildman–Crippen MR) is 85.4 cm³/mol. The maximum absolute atomic E-state index is 5.71. The number of thiazole rings is 1. The highest BCUT2D eigenvalue weighted by Crippen LogP contribution is 2.21. The summed E-state index contributed by atoms with van der Waals surface area (Å²) in [6, 6.07) is 11.4. The van der Waals surface area contributed by atoms with E-state index in [0.29, 0.717) is 12.3 Å². The van der Waals surface area contributed by atoms with Crippen molar-refractivity contribution in [2.75, 3.05) is 12.3 Å². The van der Waals surface area contributed by atoms with Crippen LogP contribution in [0.4, 0.5) is 5.69 Å². The van der Waals surface area contributed by atoms with Crippen LogP contribution in [0.25, 0.3) is 11.3 Å². The van der Waals surface area contributed by atoms with Crippen molar-refractivity contribution in [1.29, 1.82) is 0 Å². The zero-order valence-corrected chi connectivity index (χ0v) is 12.2. The Morgan fingerprint density at radius 1 is 1.19 bits per heavy atom. The average molecular weight is 297 g/mol. The lowest BCUT2D eigenvalue weighted by Gasteiger charge is -2.05. The monoisotopic (exact) mass is 297 g/mol. The Labute approximate surface area is 127 Å². The third kappa shape index (κ3) is 3.58. The molecule has 0 atom stereocenters. The summed E-state index contributed by atoms with van der Waals surface area (Å²) < 4.78 is 5.68. The van der Waals surface area contributed by atoms with E-state index < -0.39 is 0 Å². The zero-order valence-electron chi connectivity index (χ0n) is 11.4. The van der Waals surface area contributed by atoms with Crippen molar-refractivity contribution in [3.8, 4) is 17.0 Å². The topological polar surface area (TPSA) is 61.0 Å². The zero-order chi connectivity index (χ0) is 14.5. The molecule has 1 aromatic carbocycles. The van der Waals surface area contributed by atoms with E-state index in [4.69, 9.17) is 10.5 Å². The summed E-state index contributed by atoms with van der Waals surface area (Å²) in [6.07, 6.45) is 4.36. The number of aromatic nitrogens is 2. The van der Waals surface area contributed by atoms with E-state index in [1.54, 1.807) is 17.5 Å². The van der Waals surface area contributed by atoms with Gasteiger partial charge in [0.05, 0.1) is 17.3 Å². The second-order valence-electron chi connectivity index (χ2n) is 4.54. The maximum atomic E-state index is 5.71. The molecule has 0 aliphatic rings. The van der Waals surface area contributed by atoms with Crippen molar-refractivity contribution < 1.29 is 4.74 Å². The van der Waals surface area contributed by atoms with E-state index in [9.17, 15) is 0 Å². The number of anilines is 1. The lowest BCUT2D eigenvalue weighted by Crippen LogP contribution is -2.01. The SMILES string of the molecule is Nc1cccc(OCCc2nc(-c3cccnc3)cs2)c1. The fraction of sp³-hybridized carbons (Fsp3) is 0.125. The van der Waals surface area contributed by atoms with Crippen LogP contribution < -0.4 is 10.5 Å². The first-order valence-corrected chi connectivity index (χ1v) is 7.52. The fourth-order valence-electron chi connectivity index (χ4n) is 1.93. The van der Waals surface area contributed by atoms with Gasteiger partial charge in [0.25, 0.3) is 0 Å². The minimum Gasteiger partial charge on any atom is -0.493 e. The first-order chi connectivity index (χ1) is 10.3. The molecule has 4 nitrogen and oxygen atoms in total. The highest BCUT2D eigenvalue weighted by molar-refractivity contribution is 7.09.